The Morgan fingerprint density at radius 1 is 1.29 bits per heavy atom. The highest BCUT2D eigenvalue weighted by Gasteiger charge is 2.26. The number of alkyl carbamates (subject to hydrolysis) is 1. The van der Waals surface area contributed by atoms with Crippen LogP contribution in [0, 0.1) is 6.92 Å². The predicted octanol–water partition coefficient (Wildman–Crippen LogP) is 3.34. The zero-order valence-corrected chi connectivity index (χ0v) is 13.3. The van der Waals surface area contributed by atoms with E-state index in [-0.39, 0.29) is 12.1 Å². The fourth-order valence-corrected chi connectivity index (χ4v) is 2.69. The van der Waals surface area contributed by atoms with Gasteiger partial charge in [-0.2, -0.15) is 10.2 Å². The lowest BCUT2D eigenvalue weighted by Gasteiger charge is -2.29. The molecule has 5 heteroatoms. The molecule has 1 amide bonds. The quantitative estimate of drug-likeness (QED) is 0.907. The summed E-state index contributed by atoms with van der Waals surface area (Å²) in [5.41, 5.74) is 1.78. The normalized spacial score (nSPS) is 22.7. The van der Waals surface area contributed by atoms with Crippen molar-refractivity contribution in [3.8, 4) is 0 Å². The van der Waals surface area contributed by atoms with Crippen LogP contribution in [-0.4, -0.2) is 27.9 Å². The fraction of sp³-hybridized carbons (Fsp3) is 0.688. The number of amides is 1. The zero-order chi connectivity index (χ0) is 15.5. The molecule has 21 heavy (non-hydrogen) atoms. The molecule has 0 aliphatic heterocycles. The van der Waals surface area contributed by atoms with Gasteiger partial charge in [0.05, 0.1) is 11.9 Å². The first-order chi connectivity index (χ1) is 9.83. The second-order valence-electron chi connectivity index (χ2n) is 6.85. The molecule has 1 aromatic rings. The predicted molar refractivity (Wildman–Crippen MR) is 81.1 cm³/mol. The number of aromatic nitrogens is 2. The Balaban J connectivity index is 1.82. The van der Waals surface area contributed by atoms with E-state index in [0.29, 0.717) is 5.92 Å². The van der Waals surface area contributed by atoms with E-state index < -0.39 is 5.60 Å². The molecule has 0 radical (unpaired) electrons. The molecular formula is C16H25N3O2. The van der Waals surface area contributed by atoms with Gasteiger partial charge >= 0.3 is 6.09 Å². The molecule has 5 nitrogen and oxygen atoms in total. The van der Waals surface area contributed by atoms with Crippen molar-refractivity contribution >= 4 is 6.09 Å². The van der Waals surface area contributed by atoms with Gasteiger partial charge < -0.3 is 10.1 Å². The second-order valence-corrected chi connectivity index (χ2v) is 6.85. The molecule has 1 heterocycles. The summed E-state index contributed by atoms with van der Waals surface area (Å²) in [6, 6.07) is 2.31. The van der Waals surface area contributed by atoms with Gasteiger partial charge in [0.25, 0.3) is 0 Å². The number of aryl methyl sites for hydroxylation is 1. The number of carbonyl (C=O) groups is 1. The highest BCUT2D eigenvalue weighted by molar-refractivity contribution is 5.68. The van der Waals surface area contributed by atoms with Gasteiger partial charge in [0.2, 0.25) is 0 Å². The number of hydrogen-bond donors (Lipinski definition) is 1. The van der Waals surface area contributed by atoms with Gasteiger partial charge in [-0.05, 0) is 65.0 Å². The van der Waals surface area contributed by atoms with Gasteiger partial charge in [-0.1, -0.05) is 0 Å². The maximum absolute atomic E-state index is 11.8. The van der Waals surface area contributed by atoms with E-state index in [2.05, 4.69) is 21.6 Å². The van der Waals surface area contributed by atoms with Crippen LogP contribution in [0.2, 0.25) is 0 Å². The first-order valence-corrected chi connectivity index (χ1v) is 7.62. The van der Waals surface area contributed by atoms with Crippen molar-refractivity contribution in [2.24, 2.45) is 0 Å². The maximum Gasteiger partial charge on any atom is 0.407 e. The molecule has 1 fully saturated rings. The van der Waals surface area contributed by atoms with Gasteiger partial charge in [-0.3, -0.25) is 0 Å². The maximum atomic E-state index is 11.8. The second kappa shape index (κ2) is 6.41. The molecule has 1 N–H and O–H groups in total. The summed E-state index contributed by atoms with van der Waals surface area (Å²) in [4.78, 5) is 11.8. The van der Waals surface area contributed by atoms with Crippen molar-refractivity contribution in [1.82, 2.24) is 15.5 Å². The van der Waals surface area contributed by atoms with E-state index in [1.54, 1.807) is 6.20 Å². The van der Waals surface area contributed by atoms with Crippen LogP contribution in [0.25, 0.3) is 0 Å². The monoisotopic (exact) mass is 291 g/mol. The van der Waals surface area contributed by atoms with E-state index >= 15 is 0 Å². The number of carbonyl (C=O) groups excluding carboxylic acids is 1. The molecule has 0 atom stereocenters. The van der Waals surface area contributed by atoms with E-state index in [4.69, 9.17) is 4.74 Å². The number of nitrogens with one attached hydrogen (secondary N) is 1. The first-order valence-electron chi connectivity index (χ1n) is 7.62. The highest BCUT2D eigenvalue weighted by Crippen LogP contribution is 2.31. The minimum Gasteiger partial charge on any atom is -0.444 e. The third-order valence-electron chi connectivity index (χ3n) is 3.68. The Morgan fingerprint density at radius 2 is 1.95 bits per heavy atom. The van der Waals surface area contributed by atoms with Gasteiger partial charge in [0.1, 0.15) is 5.60 Å². The lowest BCUT2D eigenvalue weighted by Crippen LogP contribution is -2.40. The molecule has 0 spiro atoms. The zero-order valence-electron chi connectivity index (χ0n) is 13.3. The summed E-state index contributed by atoms with van der Waals surface area (Å²) in [7, 11) is 0. The molecular weight excluding hydrogens is 266 g/mol. The van der Waals surface area contributed by atoms with Crippen LogP contribution in [-0.2, 0) is 4.74 Å². The molecule has 2 rings (SSSR count). The highest BCUT2D eigenvalue weighted by atomic mass is 16.6. The van der Waals surface area contributed by atoms with Crippen molar-refractivity contribution in [2.45, 2.75) is 70.9 Å². The first kappa shape index (κ1) is 15.7. The Kier molecular flexibility index (Phi) is 4.80. The molecule has 116 valence electrons. The van der Waals surface area contributed by atoms with E-state index in [1.165, 1.54) is 0 Å². The Hall–Kier alpha value is -1.65. The van der Waals surface area contributed by atoms with Crippen LogP contribution in [0.15, 0.2) is 12.3 Å². The number of nitrogens with zero attached hydrogens (tertiary/aromatic N) is 2. The number of hydrogen-bond acceptors (Lipinski definition) is 4. The van der Waals surface area contributed by atoms with Crippen molar-refractivity contribution < 1.29 is 9.53 Å². The lowest BCUT2D eigenvalue weighted by molar-refractivity contribution is 0.0491. The third kappa shape index (κ3) is 4.99. The number of ether oxygens (including phenoxy) is 1. The Labute approximate surface area is 126 Å². The van der Waals surface area contributed by atoms with Crippen molar-refractivity contribution in [2.75, 3.05) is 0 Å². The average molecular weight is 291 g/mol. The molecule has 0 unspecified atom stereocenters. The van der Waals surface area contributed by atoms with Gasteiger partial charge in [0, 0.05) is 12.0 Å². The van der Waals surface area contributed by atoms with Crippen molar-refractivity contribution in [1.29, 1.82) is 0 Å². The number of rotatable bonds is 2. The molecule has 0 saturated heterocycles. The standard InChI is InChI=1S/C16H25N3O2/c1-11-9-14(19-17-10-11)12-5-7-13(8-6-12)18-15(20)21-16(2,3)4/h9-10,12-13H,5-8H2,1-4H3,(H,18,20). The molecule has 0 aromatic carbocycles. The fourth-order valence-electron chi connectivity index (χ4n) is 2.69. The lowest BCUT2D eigenvalue weighted by atomic mass is 9.84. The summed E-state index contributed by atoms with van der Waals surface area (Å²) >= 11 is 0. The van der Waals surface area contributed by atoms with E-state index in [1.807, 2.05) is 27.7 Å². The average Bonchev–Trinajstić information content (AvgIpc) is 2.37. The van der Waals surface area contributed by atoms with Gasteiger partial charge in [-0.15, -0.1) is 0 Å². The van der Waals surface area contributed by atoms with Crippen LogP contribution in [0.5, 0.6) is 0 Å². The summed E-state index contributed by atoms with van der Waals surface area (Å²) in [6.45, 7) is 7.66. The smallest absolute Gasteiger partial charge is 0.407 e. The van der Waals surface area contributed by atoms with Crippen LogP contribution < -0.4 is 5.32 Å². The SMILES string of the molecule is Cc1cnnc(C2CCC(NC(=O)OC(C)(C)C)CC2)c1. The summed E-state index contributed by atoms with van der Waals surface area (Å²) in [5.74, 6) is 0.453. The van der Waals surface area contributed by atoms with Crippen molar-refractivity contribution in [3.63, 3.8) is 0 Å². The van der Waals surface area contributed by atoms with Crippen LogP contribution in [0.3, 0.4) is 0 Å². The molecule has 1 saturated carbocycles. The van der Waals surface area contributed by atoms with Crippen LogP contribution in [0.4, 0.5) is 4.79 Å². The minimum absolute atomic E-state index is 0.203. The van der Waals surface area contributed by atoms with Gasteiger partial charge in [0.15, 0.2) is 0 Å². The summed E-state index contributed by atoms with van der Waals surface area (Å²) in [6.07, 6.45) is 5.43. The van der Waals surface area contributed by atoms with Crippen LogP contribution in [0.1, 0.15) is 63.6 Å². The van der Waals surface area contributed by atoms with Crippen LogP contribution >= 0.6 is 0 Å². The Bertz CT molecular complexity index is 489. The molecule has 0 bridgehead atoms. The third-order valence-corrected chi connectivity index (χ3v) is 3.68. The summed E-state index contributed by atoms with van der Waals surface area (Å²) in [5, 5.41) is 11.2. The van der Waals surface area contributed by atoms with Crippen molar-refractivity contribution in [3.05, 3.63) is 23.5 Å². The van der Waals surface area contributed by atoms with E-state index in [0.717, 1.165) is 36.9 Å². The Morgan fingerprint density at radius 3 is 2.52 bits per heavy atom. The minimum atomic E-state index is -0.446. The van der Waals surface area contributed by atoms with E-state index in [9.17, 15) is 4.79 Å². The molecule has 1 aromatic heterocycles. The molecule has 1 aliphatic carbocycles. The van der Waals surface area contributed by atoms with Gasteiger partial charge in [-0.25, -0.2) is 4.79 Å². The topological polar surface area (TPSA) is 64.1 Å². The largest absolute Gasteiger partial charge is 0.444 e. The molecule has 1 aliphatic rings. The summed E-state index contributed by atoms with van der Waals surface area (Å²) < 4.78 is 5.30.